The number of hydrogen-bond donors (Lipinski definition) is 2. The van der Waals surface area contributed by atoms with E-state index >= 15 is 0 Å². The summed E-state index contributed by atoms with van der Waals surface area (Å²) in [6.45, 7) is 0.264. The normalized spacial score (nSPS) is 27.9. The summed E-state index contributed by atoms with van der Waals surface area (Å²) >= 11 is 0. The third kappa shape index (κ3) is 0.951. The molecule has 1 aliphatic carbocycles. The predicted molar refractivity (Wildman–Crippen MR) is 49.2 cm³/mol. The van der Waals surface area contributed by atoms with Crippen LogP contribution >= 0.6 is 0 Å². The lowest BCUT2D eigenvalue weighted by molar-refractivity contribution is 0.158. The molecule has 3 rings (SSSR count). The van der Waals surface area contributed by atoms with Gasteiger partial charge in [-0.15, -0.1) is 0 Å². The Morgan fingerprint density at radius 3 is 2.79 bits per heavy atom. The fourth-order valence-electron chi connectivity index (χ4n) is 2.05. The Labute approximate surface area is 81.2 Å². The van der Waals surface area contributed by atoms with Crippen LogP contribution in [0.15, 0.2) is 12.1 Å². The number of aliphatic hydroxyl groups excluding tert-OH is 1. The first-order valence-corrected chi connectivity index (χ1v) is 4.62. The highest BCUT2D eigenvalue weighted by Gasteiger charge is 2.30. The van der Waals surface area contributed by atoms with Crippen LogP contribution in [0.5, 0.6) is 11.5 Å². The summed E-state index contributed by atoms with van der Waals surface area (Å²) < 4.78 is 10.5. The lowest BCUT2D eigenvalue weighted by Gasteiger charge is -2.08. The molecule has 0 saturated heterocycles. The average molecular weight is 193 g/mol. The highest BCUT2D eigenvalue weighted by atomic mass is 16.7. The molecule has 1 aliphatic heterocycles. The Bertz CT molecular complexity index is 391. The maximum Gasteiger partial charge on any atom is 0.231 e. The summed E-state index contributed by atoms with van der Waals surface area (Å²) in [5.74, 6) is 1.46. The second-order valence-electron chi connectivity index (χ2n) is 3.72. The first-order chi connectivity index (χ1) is 6.75. The van der Waals surface area contributed by atoms with E-state index in [2.05, 4.69) is 0 Å². The van der Waals surface area contributed by atoms with Crippen LogP contribution in [0.3, 0.4) is 0 Å². The van der Waals surface area contributed by atoms with E-state index in [0.717, 1.165) is 16.9 Å². The van der Waals surface area contributed by atoms with E-state index in [9.17, 15) is 5.11 Å². The van der Waals surface area contributed by atoms with Gasteiger partial charge in [0.1, 0.15) is 0 Å². The Kier molecular flexibility index (Phi) is 1.51. The Balaban J connectivity index is 2.13. The number of aliphatic hydroxyl groups is 1. The number of ether oxygens (including phenoxy) is 2. The van der Waals surface area contributed by atoms with Crippen molar-refractivity contribution >= 4 is 0 Å². The fraction of sp³-hybridized carbons (Fsp3) is 0.400. The third-order valence-electron chi connectivity index (χ3n) is 2.81. The molecule has 4 nitrogen and oxygen atoms in total. The maximum atomic E-state index is 9.76. The maximum absolute atomic E-state index is 9.76. The molecule has 4 heteroatoms. The molecule has 3 N–H and O–H groups in total. The smallest absolute Gasteiger partial charge is 0.231 e. The molecule has 0 bridgehead atoms. The van der Waals surface area contributed by atoms with E-state index in [1.165, 1.54) is 0 Å². The summed E-state index contributed by atoms with van der Waals surface area (Å²) in [6, 6.07) is 3.54. The van der Waals surface area contributed by atoms with Gasteiger partial charge in [0, 0.05) is 6.04 Å². The van der Waals surface area contributed by atoms with E-state index < -0.39 is 6.10 Å². The third-order valence-corrected chi connectivity index (χ3v) is 2.81. The van der Waals surface area contributed by atoms with E-state index in [1.54, 1.807) is 0 Å². The minimum Gasteiger partial charge on any atom is -0.454 e. The first-order valence-electron chi connectivity index (χ1n) is 4.62. The van der Waals surface area contributed by atoms with Crippen molar-refractivity contribution in [3.63, 3.8) is 0 Å². The van der Waals surface area contributed by atoms with Crippen molar-refractivity contribution in [1.29, 1.82) is 0 Å². The van der Waals surface area contributed by atoms with Crippen molar-refractivity contribution in [2.24, 2.45) is 5.73 Å². The topological polar surface area (TPSA) is 64.7 Å². The molecule has 1 aromatic carbocycles. The van der Waals surface area contributed by atoms with Crippen molar-refractivity contribution in [2.45, 2.75) is 18.6 Å². The summed E-state index contributed by atoms with van der Waals surface area (Å²) in [6.07, 6.45) is 0.132. The first kappa shape index (κ1) is 8.08. The molecule has 0 radical (unpaired) electrons. The van der Waals surface area contributed by atoms with Crippen LogP contribution in [0, 0.1) is 0 Å². The molecule has 0 fully saturated rings. The van der Waals surface area contributed by atoms with Crippen molar-refractivity contribution in [1.82, 2.24) is 0 Å². The average Bonchev–Trinajstić information content (AvgIpc) is 2.70. The molecule has 2 unspecified atom stereocenters. The monoisotopic (exact) mass is 193 g/mol. The van der Waals surface area contributed by atoms with Crippen LogP contribution in [0.25, 0.3) is 0 Å². The van der Waals surface area contributed by atoms with Gasteiger partial charge >= 0.3 is 0 Å². The molecule has 2 aliphatic rings. The standard InChI is InChI=1S/C10H11NO3/c11-7-1-5-2-8-9(14-4-13-8)3-6(5)10(7)12/h2-3,7,10,12H,1,4,11H2. The summed E-state index contributed by atoms with van der Waals surface area (Å²) in [5, 5.41) is 9.76. The number of fused-ring (bicyclic) bond motifs is 2. The zero-order chi connectivity index (χ0) is 9.71. The predicted octanol–water partition coefficient (Wildman–Crippen LogP) is 0.332. The molecule has 0 saturated carbocycles. The van der Waals surface area contributed by atoms with Crippen molar-refractivity contribution in [3.8, 4) is 11.5 Å². The second kappa shape index (κ2) is 2.62. The van der Waals surface area contributed by atoms with E-state index in [1.807, 2.05) is 12.1 Å². The van der Waals surface area contributed by atoms with Gasteiger partial charge in [0.25, 0.3) is 0 Å². The zero-order valence-corrected chi connectivity index (χ0v) is 7.56. The van der Waals surface area contributed by atoms with Crippen molar-refractivity contribution in [2.75, 3.05) is 6.79 Å². The number of nitrogens with two attached hydrogens (primary N) is 1. The van der Waals surface area contributed by atoms with Gasteiger partial charge in [0.05, 0.1) is 6.10 Å². The van der Waals surface area contributed by atoms with Crippen LogP contribution in [0.2, 0.25) is 0 Å². The SMILES string of the molecule is NC1Cc2cc3c(cc2C1O)OCO3. The van der Waals surface area contributed by atoms with Gasteiger partial charge in [0.2, 0.25) is 6.79 Å². The lowest BCUT2D eigenvalue weighted by atomic mass is 10.1. The van der Waals surface area contributed by atoms with Crippen LogP contribution < -0.4 is 15.2 Å². The largest absolute Gasteiger partial charge is 0.454 e. The van der Waals surface area contributed by atoms with Crippen LogP contribution in [0.1, 0.15) is 17.2 Å². The molecule has 1 aromatic rings. The summed E-state index contributed by atoms with van der Waals surface area (Å²) in [7, 11) is 0. The molecule has 1 heterocycles. The molecule has 2 atom stereocenters. The van der Waals surface area contributed by atoms with Crippen LogP contribution in [-0.4, -0.2) is 17.9 Å². The second-order valence-corrected chi connectivity index (χ2v) is 3.72. The van der Waals surface area contributed by atoms with Gasteiger partial charge in [0.15, 0.2) is 11.5 Å². The minimum atomic E-state index is -0.570. The van der Waals surface area contributed by atoms with Gasteiger partial charge in [-0.25, -0.2) is 0 Å². The Morgan fingerprint density at radius 2 is 2.00 bits per heavy atom. The molecule has 0 amide bonds. The summed E-state index contributed by atoms with van der Waals surface area (Å²) in [5.41, 5.74) is 7.70. The fourth-order valence-corrected chi connectivity index (χ4v) is 2.05. The van der Waals surface area contributed by atoms with Gasteiger partial charge in [-0.3, -0.25) is 0 Å². The number of hydrogen-bond acceptors (Lipinski definition) is 4. The Morgan fingerprint density at radius 1 is 1.29 bits per heavy atom. The van der Waals surface area contributed by atoms with Crippen molar-refractivity contribution in [3.05, 3.63) is 23.3 Å². The number of benzene rings is 1. The lowest BCUT2D eigenvalue weighted by Crippen LogP contribution is -2.24. The molecule has 14 heavy (non-hydrogen) atoms. The van der Waals surface area contributed by atoms with Crippen LogP contribution in [0.4, 0.5) is 0 Å². The molecule has 0 aromatic heterocycles. The van der Waals surface area contributed by atoms with Crippen LogP contribution in [-0.2, 0) is 6.42 Å². The van der Waals surface area contributed by atoms with Crippen molar-refractivity contribution < 1.29 is 14.6 Å². The molecule has 74 valence electrons. The van der Waals surface area contributed by atoms with E-state index in [0.29, 0.717) is 12.2 Å². The van der Waals surface area contributed by atoms with Gasteiger partial charge in [-0.05, 0) is 29.7 Å². The summed E-state index contributed by atoms with van der Waals surface area (Å²) in [4.78, 5) is 0. The molecule has 0 spiro atoms. The highest BCUT2D eigenvalue weighted by molar-refractivity contribution is 5.51. The highest BCUT2D eigenvalue weighted by Crippen LogP contribution is 2.40. The minimum absolute atomic E-state index is 0.201. The molecular weight excluding hydrogens is 182 g/mol. The van der Waals surface area contributed by atoms with E-state index in [-0.39, 0.29) is 12.8 Å². The van der Waals surface area contributed by atoms with E-state index in [4.69, 9.17) is 15.2 Å². The quantitative estimate of drug-likeness (QED) is 0.623. The Hall–Kier alpha value is -1.26. The van der Waals surface area contributed by atoms with Gasteiger partial charge < -0.3 is 20.3 Å². The number of rotatable bonds is 0. The van der Waals surface area contributed by atoms with Gasteiger partial charge in [-0.1, -0.05) is 0 Å². The zero-order valence-electron chi connectivity index (χ0n) is 7.56. The van der Waals surface area contributed by atoms with Gasteiger partial charge in [-0.2, -0.15) is 0 Å². The molecular formula is C10H11NO3.